The number of carbonyl (C=O) groups is 1. The smallest absolute Gasteiger partial charge is 0.326 e. The number of amides is 1. The molecule has 110 valence electrons. The minimum Gasteiger partial charge on any atom is -0.334 e. The fraction of sp³-hybridized carbons (Fsp3) is 0.643. The Kier molecular flexibility index (Phi) is 3.83. The van der Waals surface area contributed by atoms with Crippen LogP contribution in [-0.2, 0) is 0 Å². The van der Waals surface area contributed by atoms with Gasteiger partial charge in [-0.1, -0.05) is 20.8 Å². The van der Waals surface area contributed by atoms with E-state index in [1.807, 2.05) is 6.92 Å². The third kappa shape index (κ3) is 3.00. The molecule has 1 amide bonds. The molecule has 0 saturated carbocycles. The molecule has 1 atom stereocenters. The maximum atomic E-state index is 12.5. The number of hydrogen-bond donors (Lipinski definition) is 2. The second-order valence-electron chi connectivity index (χ2n) is 6.18. The number of nitrogens with zero attached hydrogens (tertiary/aromatic N) is 1. The Balaban J connectivity index is 2.28. The third-order valence-electron chi connectivity index (χ3n) is 3.98. The van der Waals surface area contributed by atoms with Crippen molar-refractivity contribution in [2.75, 3.05) is 6.54 Å². The number of hydrogen-bond acceptors (Lipinski definition) is 3. The number of rotatable bonds is 2. The van der Waals surface area contributed by atoms with Gasteiger partial charge < -0.3 is 9.88 Å². The van der Waals surface area contributed by atoms with E-state index in [1.165, 1.54) is 0 Å². The van der Waals surface area contributed by atoms with Gasteiger partial charge in [0.2, 0.25) is 0 Å². The van der Waals surface area contributed by atoms with E-state index in [-0.39, 0.29) is 23.1 Å². The second-order valence-corrected chi connectivity index (χ2v) is 6.18. The molecule has 2 N–H and O–H groups in total. The van der Waals surface area contributed by atoms with E-state index in [1.54, 1.807) is 4.90 Å². The molecule has 2 rings (SSSR count). The Morgan fingerprint density at radius 1 is 1.40 bits per heavy atom. The van der Waals surface area contributed by atoms with Crippen LogP contribution in [0.3, 0.4) is 0 Å². The average Bonchev–Trinajstić information content (AvgIpc) is 2.35. The van der Waals surface area contributed by atoms with E-state index < -0.39 is 11.2 Å². The van der Waals surface area contributed by atoms with Gasteiger partial charge >= 0.3 is 5.69 Å². The van der Waals surface area contributed by atoms with Gasteiger partial charge in [0.1, 0.15) is 5.69 Å². The van der Waals surface area contributed by atoms with Gasteiger partial charge in [-0.3, -0.25) is 14.6 Å². The molecule has 6 heteroatoms. The van der Waals surface area contributed by atoms with Gasteiger partial charge in [-0.05, 0) is 24.7 Å². The minimum absolute atomic E-state index is 0.0666. The van der Waals surface area contributed by atoms with E-state index in [0.717, 1.165) is 25.3 Å². The maximum Gasteiger partial charge on any atom is 0.326 e. The molecule has 0 aromatic carbocycles. The predicted molar refractivity (Wildman–Crippen MR) is 75.8 cm³/mol. The fourth-order valence-corrected chi connectivity index (χ4v) is 2.83. The Bertz CT molecular complexity index is 586. The highest BCUT2D eigenvalue weighted by molar-refractivity contribution is 5.92. The Hall–Kier alpha value is -1.85. The summed E-state index contributed by atoms with van der Waals surface area (Å²) in [7, 11) is 0. The van der Waals surface area contributed by atoms with E-state index in [9.17, 15) is 14.4 Å². The highest BCUT2D eigenvalue weighted by atomic mass is 16.2. The summed E-state index contributed by atoms with van der Waals surface area (Å²) in [5.74, 6) is -0.268. The van der Waals surface area contributed by atoms with Gasteiger partial charge in [0.05, 0.1) is 0 Å². The molecule has 1 unspecified atom stereocenters. The molecule has 6 nitrogen and oxygen atoms in total. The lowest BCUT2D eigenvalue weighted by molar-refractivity contribution is 0.0421. The summed E-state index contributed by atoms with van der Waals surface area (Å²) >= 11 is 0. The van der Waals surface area contributed by atoms with Crippen molar-refractivity contribution in [3.8, 4) is 0 Å². The van der Waals surface area contributed by atoms with Crippen LogP contribution in [0.2, 0.25) is 0 Å². The molecule has 0 radical (unpaired) electrons. The largest absolute Gasteiger partial charge is 0.334 e. The Labute approximate surface area is 117 Å². The molecule has 1 fully saturated rings. The summed E-state index contributed by atoms with van der Waals surface area (Å²) < 4.78 is 0. The molecular formula is C14H21N3O3. The Morgan fingerprint density at radius 3 is 2.70 bits per heavy atom. The molecule has 1 aromatic heterocycles. The molecule has 20 heavy (non-hydrogen) atoms. The molecule has 1 saturated heterocycles. The van der Waals surface area contributed by atoms with E-state index in [4.69, 9.17) is 0 Å². The lowest BCUT2D eigenvalue weighted by Gasteiger charge is -2.43. The zero-order valence-electron chi connectivity index (χ0n) is 12.2. The van der Waals surface area contributed by atoms with Crippen molar-refractivity contribution in [1.29, 1.82) is 0 Å². The SMILES string of the molecule is CCC1CC(C)(C)CCN1C(=O)c1cc(=O)[nH]c(=O)[nH]1. The fourth-order valence-electron chi connectivity index (χ4n) is 2.83. The number of piperidine rings is 1. The summed E-state index contributed by atoms with van der Waals surface area (Å²) in [5.41, 5.74) is -0.912. The molecule has 0 bridgehead atoms. The van der Waals surface area contributed by atoms with Crippen molar-refractivity contribution in [3.05, 3.63) is 32.6 Å². The first-order chi connectivity index (χ1) is 9.32. The first-order valence-corrected chi connectivity index (χ1v) is 6.97. The van der Waals surface area contributed by atoms with E-state index in [0.29, 0.717) is 6.54 Å². The lowest BCUT2D eigenvalue weighted by atomic mass is 9.78. The first kappa shape index (κ1) is 14.6. The van der Waals surface area contributed by atoms with E-state index >= 15 is 0 Å². The van der Waals surface area contributed by atoms with Crippen LogP contribution in [0.4, 0.5) is 0 Å². The molecule has 1 aromatic rings. The number of aromatic nitrogens is 2. The molecular weight excluding hydrogens is 258 g/mol. The third-order valence-corrected chi connectivity index (χ3v) is 3.98. The second kappa shape index (κ2) is 5.26. The highest BCUT2D eigenvalue weighted by Crippen LogP contribution is 2.35. The molecule has 0 spiro atoms. The summed E-state index contributed by atoms with van der Waals surface area (Å²) in [6.45, 7) is 7.10. The van der Waals surface area contributed by atoms with Crippen molar-refractivity contribution < 1.29 is 4.79 Å². The summed E-state index contributed by atoms with van der Waals surface area (Å²) in [5, 5.41) is 0. The summed E-state index contributed by atoms with van der Waals surface area (Å²) in [6, 6.07) is 1.30. The van der Waals surface area contributed by atoms with Gasteiger partial charge in [0, 0.05) is 18.7 Å². The first-order valence-electron chi connectivity index (χ1n) is 6.97. The van der Waals surface area contributed by atoms with Crippen LogP contribution in [0.5, 0.6) is 0 Å². The highest BCUT2D eigenvalue weighted by Gasteiger charge is 2.35. The lowest BCUT2D eigenvalue weighted by Crippen LogP contribution is -2.48. The minimum atomic E-state index is -0.647. The predicted octanol–water partition coefficient (Wildman–Crippen LogP) is 1.10. The van der Waals surface area contributed by atoms with Crippen molar-refractivity contribution in [1.82, 2.24) is 14.9 Å². The van der Waals surface area contributed by atoms with Gasteiger partial charge in [-0.15, -0.1) is 0 Å². The normalized spacial score (nSPS) is 21.8. The van der Waals surface area contributed by atoms with Crippen LogP contribution in [-0.4, -0.2) is 33.4 Å². The van der Waals surface area contributed by atoms with Crippen LogP contribution in [0.1, 0.15) is 50.5 Å². The molecule has 2 heterocycles. The number of likely N-dealkylation sites (tertiary alicyclic amines) is 1. The average molecular weight is 279 g/mol. The topological polar surface area (TPSA) is 86.0 Å². The number of aromatic amines is 2. The summed E-state index contributed by atoms with van der Waals surface area (Å²) in [6.07, 6.45) is 2.72. The van der Waals surface area contributed by atoms with Crippen molar-refractivity contribution in [2.24, 2.45) is 5.41 Å². The maximum absolute atomic E-state index is 12.5. The van der Waals surface area contributed by atoms with Crippen molar-refractivity contribution in [2.45, 2.75) is 46.1 Å². The van der Waals surface area contributed by atoms with Crippen LogP contribution in [0.15, 0.2) is 15.7 Å². The summed E-state index contributed by atoms with van der Waals surface area (Å²) in [4.78, 5) is 41.3. The number of carbonyl (C=O) groups excluding carboxylic acids is 1. The quantitative estimate of drug-likeness (QED) is 0.850. The molecule has 0 aliphatic carbocycles. The van der Waals surface area contributed by atoms with Crippen LogP contribution in [0, 0.1) is 5.41 Å². The van der Waals surface area contributed by atoms with Gasteiger partial charge in [0.15, 0.2) is 0 Å². The number of nitrogens with one attached hydrogen (secondary N) is 2. The van der Waals surface area contributed by atoms with Gasteiger partial charge in [0.25, 0.3) is 11.5 Å². The number of H-pyrrole nitrogens is 2. The molecule has 1 aliphatic rings. The van der Waals surface area contributed by atoms with Gasteiger partial charge in [-0.2, -0.15) is 0 Å². The van der Waals surface area contributed by atoms with Crippen molar-refractivity contribution in [3.63, 3.8) is 0 Å². The van der Waals surface area contributed by atoms with Crippen LogP contribution < -0.4 is 11.2 Å². The van der Waals surface area contributed by atoms with Gasteiger partial charge in [-0.25, -0.2) is 4.79 Å². The zero-order chi connectivity index (χ0) is 14.9. The van der Waals surface area contributed by atoms with Crippen LogP contribution >= 0.6 is 0 Å². The van der Waals surface area contributed by atoms with E-state index in [2.05, 4.69) is 23.8 Å². The Morgan fingerprint density at radius 2 is 2.10 bits per heavy atom. The monoisotopic (exact) mass is 279 g/mol. The standard InChI is InChI=1S/C14H21N3O3/c1-4-9-8-14(2,3)5-6-17(9)12(19)10-7-11(18)16-13(20)15-10/h7,9H,4-6,8H2,1-3H3,(H2,15,16,18,20). The van der Waals surface area contributed by atoms with Crippen LogP contribution in [0.25, 0.3) is 0 Å². The zero-order valence-corrected chi connectivity index (χ0v) is 12.2. The van der Waals surface area contributed by atoms with Crippen molar-refractivity contribution >= 4 is 5.91 Å². The molecule has 1 aliphatic heterocycles.